The molecule has 0 unspecified atom stereocenters. The van der Waals surface area contributed by atoms with Crippen LogP contribution in [0.5, 0.6) is 0 Å². The third-order valence-corrected chi connectivity index (χ3v) is 2.90. The summed E-state index contributed by atoms with van der Waals surface area (Å²) < 4.78 is 10.2. The first kappa shape index (κ1) is 13.6. The Labute approximate surface area is 116 Å². The number of rotatable bonds is 4. The van der Waals surface area contributed by atoms with E-state index in [9.17, 15) is 4.79 Å². The van der Waals surface area contributed by atoms with Crippen molar-refractivity contribution < 1.29 is 13.9 Å². The summed E-state index contributed by atoms with van der Waals surface area (Å²) in [5.41, 5.74) is 1.40. The van der Waals surface area contributed by atoms with Gasteiger partial charge in [0.2, 0.25) is 11.7 Å². The van der Waals surface area contributed by atoms with E-state index in [0.717, 1.165) is 12.0 Å². The van der Waals surface area contributed by atoms with Crippen molar-refractivity contribution in [3.63, 3.8) is 0 Å². The van der Waals surface area contributed by atoms with Gasteiger partial charge in [-0.25, -0.2) is 9.78 Å². The van der Waals surface area contributed by atoms with Gasteiger partial charge in [0.05, 0.1) is 12.8 Å². The Kier molecular flexibility index (Phi) is 4.22. The molecule has 0 amide bonds. The van der Waals surface area contributed by atoms with Crippen molar-refractivity contribution >= 4 is 17.6 Å². The van der Waals surface area contributed by atoms with Crippen molar-refractivity contribution in [1.82, 2.24) is 4.98 Å². The first-order valence-corrected chi connectivity index (χ1v) is 6.37. The molecular formula is C14H14ClNO3. The molecular weight excluding hydrogens is 266 g/mol. The van der Waals surface area contributed by atoms with E-state index in [1.165, 1.54) is 7.11 Å². The van der Waals surface area contributed by atoms with Crippen LogP contribution in [0.1, 0.15) is 29.6 Å². The summed E-state index contributed by atoms with van der Waals surface area (Å²) in [5, 5.41) is 0.636. The molecule has 0 saturated heterocycles. The number of methoxy groups -OCH3 is 1. The van der Waals surface area contributed by atoms with Gasteiger partial charge >= 0.3 is 5.97 Å². The minimum Gasteiger partial charge on any atom is -0.463 e. The monoisotopic (exact) mass is 279 g/mol. The average Bonchev–Trinajstić information content (AvgIpc) is 2.83. The third-order valence-electron chi connectivity index (χ3n) is 2.65. The van der Waals surface area contributed by atoms with Crippen LogP contribution in [0.15, 0.2) is 28.7 Å². The molecule has 100 valence electrons. The fourth-order valence-corrected chi connectivity index (χ4v) is 1.85. The Morgan fingerprint density at radius 1 is 1.37 bits per heavy atom. The summed E-state index contributed by atoms with van der Waals surface area (Å²) in [4.78, 5) is 16.0. The van der Waals surface area contributed by atoms with Gasteiger partial charge in [0, 0.05) is 10.6 Å². The lowest BCUT2D eigenvalue weighted by Gasteiger charge is -1.96. The van der Waals surface area contributed by atoms with E-state index in [2.05, 4.69) is 4.98 Å². The first-order chi connectivity index (χ1) is 9.15. The molecule has 5 heteroatoms. The number of carbonyl (C=O) groups is 1. The topological polar surface area (TPSA) is 52.3 Å². The molecule has 1 aromatic carbocycles. The molecule has 0 fully saturated rings. The number of carbonyl (C=O) groups excluding carboxylic acids is 1. The van der Waals surface area contributed by atoms with Crippen LogP contribution in [0.3, 0.4) is 0 Å². The van der Waals surface area contributed by atoms with Gasteiger partial charge in [0.1, 0.15) is 0 Å². The highest BCUT2D eigenvalue weighted by molar-refractivity contribution is 6.30. The van der Waals surface area contributed by atoms with Crippen LogP contribution in [0.4, 0.5) is 0 Å². The molecule has 4 nitrogen and oxygen atoms in total. The van der Waals surface area contributed by atoms with Gasteiger partial charge in [-0.1, -0.05) is 24.9 Å². The zero-order chi connectivity index (χ0) is 13.8. The lowest BCUT2D eigenvalue weighted by molar-refractivity contribution is 0.0564. The fraction of sp³-hybridized carbons (Fsp3) is 0.286. The molecule has 0 atom stereocenters. The number of aromatic nitrogens is 1. The Balaban J connectivity index is 2.41. The maximum absolute atomic E-state index is 11.6. The van der Waals surface area contributed by atoms with Crippen molar-refractivity contribution in [1.29, 1.82) is 0 Å². The van der Waals surface area contributed by atoms with Crippen LogP contribution < -0.4 is 0 Å². The number of nitrogens with zero attached hydrogens (tertiary/aromatic N) is 1. The van der Waals surface area contributed by atoms with Gasteiger partial charge in [-0.05, 0) is 30.7 Å². The van der Waals surface area contributed by atoms with Crippen LogP contribution in [0.2, 0.25) is 5.02 Å². The van der Waals surface area contributed by atoms with Crippen molar-refractivity contribution in [3.05, 3.63) is 40.7 Å². The summed E-state index contributed by atoms with van der Waals surface area (Å²) in [6.07, 6.45) is 1.54. The summed E-state index contributed by atoms with van der Waals surface area (Å²) in [7, 11) is 1.32. The zero-order valence-electron chi connectivity index (χ0n) is 10.8. The molecule has 2 aromatic rings. The number of esters is 1. The van der Waals surface area contributed by atoms with Crippen molar-refractivity contribution in [3.8, 4) is 11.5 Å². The van der Waals surface area contributed by atoms with Crippen LogP contribution in [-0.4, -0.2) is 18.1 Å². The molecule has 1 heterocycles. The summed E-state index contributed by atoms with van der Waals surface area (Å²) in [6.45, 7) is 2.01. The van der Waals surface area contributed by atoms with Crippen molar-refractivity contribution in [2.45, 2.75) is 19.8 Å². The molecule has 19 heavy (non-hydrogen) atoms. The fourth-order valence-electron chi connectivity index (χ4n) is 1.73. The SMILES string of the molecule is CCCc1nc(-c2ccc(Cl)cc2)oc1C(=O)OC. The van der Waals surface area contributed by atoms with Gasteiger partial charge in [0.15, 0.2) is 0 Å². The summed E-state index contributed by atoms with van der Waals surface area (Å²) in [5.74, 6) is 0.0750. The molecule has 0 bridgehead atoms. The highest BCUT2D eigenvalue weighted by Gasteiger charge is 2.20. The number of halogens is 1. The first-order valence-electron chi connectivity index (χ1n) is 5.99. The highest BCUT2D eigenvalue weighted by Crippen LogP contribution is 2.24. The van der Waals surface area contributed by atoms with E-state index < -0.39 is 5.97 Å². The second-order valence-corrected chi connectivity index (χ2v) is 4.48. The molecule has 0 N–H and O–H groups in total. The van der Waals surface area contributed by atoms with E-state index in [-0.39, 0.29) is 5.76 Å². The Hall–Kier alpha value is -1.81. The van der Waals surface area contributed by atoms with E-state index in [1.54, 1.807) is 24.3 Å². The van der Waals surface area contributed by atoms with Crippen LogP contribution in [0, 0.1) is 0 Å². The molecule has 0 aliphatic rings. The Morgan fingerprint density at radius 3 is 2.63 bits per heavy atom. The predicted molar refractivity (Wildman–Crippen MR) is 72.3 cm³/mol. The molecule has 1 aromatic heterocycles. The molecule has 0 aliphatic heterocycles. The number of oxazole rings is 1. The maximum atomic E-state index is 11.6. The van der Waals surface area contributed by atoms with Crippen LogP contribution in [-0.2, 0) is 11.2 Å². The number of aryl methyl sites for hydroxylation is 1. The molecule has 0 radical (unpaired) electrons. The number of benzene rings is 1. The van der Waals surface area contributed by atoms with Gasteiger partial charge in [-0.3, -0.25) is 0 Å². The third kappa shape index (κ3) is 2.96. The predicted octanol–water partition coefficient (Wildman–Crippen LogP) is 3.73. The van der Waals surface area contributed by atoms with Crippen LogP contribution >= 0.6 is 11.6 Å². The average molecular weight is 280 g/mol. The summed E-state index contributed by atoms with van der Waals surface area (Å²) >= 11 is 5.83. The van der Waals surface area contributed by atoms with Crippen molar-refractivity contribution in [2.24, 2.45) is 0 Å². The zero-order valence-corrected chi connectivity index (χ0v) is 11.5. The smallest absolute Gasteiger partial charge is 0.376 e. The summed E-state index contributed by atoms with van der Waals surface area (Å²) in [6, 6.07) is 7.09. The second kappa shape index (κ2) is 5.89. The van der Waals surface area contributed by atoms with Crippen molar-refractivity contribution in [2.75, 3.05) is 7.11 Å². The van der Waals surface area contributed by atoms with E-state index in [1.807, 2.05) is 6.92 Å². The van der Waals surface area contributed by atoms with Gasteiger partial charge in [-0.2, -0.15) is 0 Å². The molecule has 0 saturated carbocycles. The Bertz CT molecular complexity index is 575. The molecule has 0 aliphatic carbocycles. The number of ether oxygens (including phenoxy) is 1. The largest absolute Gasteiger partial charge is 0.463 e. The standard InChI is InChI=1S/C14H14ClNO3/c1-3-4-11-12(14(17)18-2)19-13(16-11)9-5-7-10(15)8-6-9/h5-8H,3-4H2,1-2H3. The molecule has 0 spiro atoms. The van der Waals surface area contributed by atoms with E-state index in [4.69, 9.17) is 20.8 Å². The Morgan fingerprint density at radius 2 is 2.05 bits per heavy atom. The minimum atomic E-state index is -0.504. The quantitative estimate of drug-likeness (QED) is 0.800. The van der Waals surface area contributed by atoms with Gasteiger partial charge < -0.3 is 9.15 Å². The maximum Gasteiger partial charge on any atom is 0.376 e. The van der Waals surface area contributed by atoms with Gasteiger partial charge in [0.25, 0.3) is 0 Å². The van der Waals surface area contributed by atoms with Gasteiger partial charge in [-0.15, -0.1) is 0 Å². The molecule has 2 rings (SSSR count). The normalized spacial score (nSPS) is 10.5. The number of hydrogen-bond acceptors (Lipinski definition) is 4. The second-order valence-electron chi connectivity index (χ2n) is 4.04. The van der Waals surface area contributed by atoms with E-state index in [0.29, 0.717) is 23.0 Å². The lowest BCUT2D eigenvalue weighted by Crippen LogP contribution is -2.03. The van der Waals surface area contributed by atoms with Crippen LogP contribution in [0.25, 0.3) is 11.5 Å². The number of hydrogen-bond donors (Lipinski definition) is 0. The lowest BCUT2D eigenvalue weighted by atomic mass is 10.2. The highest BCUT2D eigenvalue weighted by atomic mass is 35.5. The minimum absolute atomic E-state index is 0.175. The van der Waals surface area contributed by atoms with E-state index >= 15 is 0 Å².